The van der Waals surface area contributed by atoms with Crippen molar-refractivity contribution in [3.05, 3.63) is 70.7 Å². The van der Waals surface area contributed by atoms with Crippen LogP contribution in [0, 0.1) is 0 Å². The molecule has 1 N–H and O–H groups in total. The van der Waals surface area contributed by atoms with Crippen LogP contribution in [0.25, 0.3) is 11.6 Å². The van der Waals surface area contributed by atoms with Crippen molar-refractivity contribution in [2.24, 2.45) is 0 Å². The number of benzene rings is 2. The van der Waals surface area contributed by atoms with Crippen molar-refractivity contribution in [2.75, 3.05) is 11.6 Å². The lowest BCUT2D eigenvalue weighted by atomic mass is 10.0. The van der Waals surface area contributed by atoms with Crippen molar-refractivity contribution < 1.29 is 4.79 Å². The number of anilines is 1. The van der Waals surface area contributed by atoms with E-state index in [-0.39, 0.29) is 5.91 Å². The minimum Gasteiger partial charge on any atom is -0.296 e. The highest BCUT2D eigenvalue weighted by atomic mass is 35.5. The van der Waals surface area contributed by atoms with Crippen LogP contribution in [0.15, 0.2) is 58.9 Å². The molecule has 0 aliphatic rings. The molecule has 0 saturated heterocycles. The minimum absolute atomic E-state index is 0.255. The summed E-state index contributed by atoms with van der Waals surface area (Å²) in [6.45, 7) is 0. The summed E-state index contributed by atoms with van der Waals surface area (Å²) in [5, 5.41) is 11.9. The van der Waals surface area contributed by atoms with Gasteiger partial charge in [0.25, 0.3) is 5.91 Å². The van der Waals surface area contributed by atoms with E-state index in [1.165, 1.54) is 23.1 Å². The van der Waals surface area contributed by atoms with Crippen LogP contribution in [-0.4, -0.2) is 22.4 Å². The minimum atomic E-state index is -0.255. The summed E-state index contributed by atoms with van der Waals surface area (Å²) in [4.78, 5) is 12.8. The molecule has 0 radical (unpaired) electrons. The van der Waals surface area contributed by atoms with Crippen LogP contribution < -0.4 is 5.32 Å². The number of nitrogens with one attached hydrogen (secondary N) is 1. The zero-order valence-corrected chi connectivity index (χ0v) is 15.7. The standard InChI is InChI=1S/C18H14ClN3OS2/c1-24-18-22-21-17(25-18)20-16(23)14(12-7-3-2-4-8-12)11-13-9-5-6-10-15(13)19/h2-11H,1H3,(H,20,21,23)/b14-11+. The number of carbonyl (C=O) groups excluding carboxylic acids is 1. The quantitative estimate of drug-likeness (QED) is 0.286. The van der Waals surface area contributed by atoms with Crippen molar-refractivity contribution in [3.8, 4) is 0 Å². The first-order chi connectivity index (χ1) is 12.2. The Morgan fingerprint density at radius 2 is 1.84 bits per heavy atom. The molecule has 4 nitrogen and oxygen atoms in total. The number of rotatable bonds is 5. The highest BCUT2D eigenvalue weighted by Crippen LogP contribution is 2.27. The monoisotopic (exact) mass is 387 g/mol. The van der Waals surface area contributed by atoms with E-state index in [2.05, 4.69) is 15.5 Å². The zero-order valence-electron chi connectivity index (χ0n) is 13.3. The molecule has 3 aromatic rings. The van der Waals surface area contributed by atoms with Crippen LogP contribution in [0.5, 0.6) is 0 Å². The van der Waals surface area contributed by atoms with Gasteiger partial charge in [0.15, 0.2) is 4.34 Å². The number of hydrogen-bond acceptors (Lipinski definition) is 5. The first-order valence-electron chi connectivity index (χ1n) is 7.38. The summed E-state index contributed by atoms with van der Waals surface area (Å²) in [6.07, 6.45) is 3.70. The molecule has 1 heterocycles. The van der Waals surface area contributed by atoms with Crippen LogP contribution in [0.2, 0.25) is 5.02 Å². The summed E-state index contributed by atoms with van der Waals surface area (Å²) < 4.78 is 0.798. The van der Waals surface area contributed by atoms with Gasteiger partial charge in [-0.25, -0.2) is 0 Å². The molecule has 0 spiro atoms. The van der Waals surface area contributed by atoms with Gasteiger partial charge in [-0.3, -0.25) is 10.1 Å². The maximum absolute atomic E-state index is 12.8. The highest BCUT2D eigenvalue weighted by Gasteiger charge is 2.15. The molecule has 0 bridgehead atoms. The maximum atomic E-state index is 12.8. The van der Waals surface area contributed by atoms with Gasteiger partial charge in [-0.15, -0.1) is 10.2 Å². The van der Waals surface area contributed by atoms with E-state index in [4.69, 9.17) is 11.6 Å². The molecule has 1 aromatic heterocycles. The van der Waals surface area contributed by atoms with Gasteiger partial charge in [-0.1, -0.05) is 83.2 Å². The summed E-state index contributed by atoms with van der Waals surface area (Å²) in [5.74, 6) is -0.255. The molecule has 2 aromatic carbocycles. The second-order valence-electron chi connectivity index (χ2n) is 4.98. The summed E-state index contributed by atoms with van der Waals surface area (Å²) in [5.41, 5.74) is 2.09. The van der Waals surface area contributed by atoms with Gasteiger partial charge in [0.05, 0.1) is 0 Å². The fourth-order valence-corrected chi connectivity index (χ4v) is 3.51. The van der Waals surface area contributed by atoms with E-state index in [1.54, 1.807) is 12.1 Å². The predicted octanol–water partition coefficient (Wildman–Crippen LogP) is 5.09. The van der Waals surface area contributed by atoms with Crippen LogP contribution >= 0.6 is 34.7 Å². The number of carbonyl (C=O) groups is 1. The normalized spacial score (nSPS) is 11.4. The SMILES string of the molecule is CSc1nnc(NC(=O)/C(=C/c2ccccc2Cl)c2ccccc2)s1. The van der Waals surface area contributed by atoms with Gasteiger partial charge in [0.1, 0.15) is 0 Å². The number of halogens is 1. The summed E-state index contributed by atoms with van der Waals surface area (Å²) in [7, 11) is 0. The summed E-state index contributed by atoms with van der Waals surface area (Å²) >= 11 is 9.07. The molecule has 25 heavy (non-hydrogen) atoms. The Hall–Kier alpha value is -2.15. The zero-order chi connectivity index (χ0) is 17.6. The second kappa shape index (κ2) is 8.29. The molecule has 0 aliphatic heterocycles. The van der Waals surface area contributed by atoms with Crippen molar-refractivity contribution in [3.63, 3.8) is 0 Å². The van der Waals surface area contributed by atoms with Crippen LogP contribution in [-0.2, 0) is 4.79 Å². The third-order valence-corrected chi connectivity index (χ3v) is 5.49. The Morgan fingerprint density at radius 3 is 2.52 bits per heavy atom. The van der Waals surface area contributed by atoms with Crippen LogP contribution in [0.3, 0.4) is 0 Å². The van der Waals surface area contributed by atoms with E-state index in [9.17, 15) is 4.79 Å². The maximum Gasteiger partial charge on any atom is 0.258 e. The largest absolute Gasteiger partial charge is 0.296 e. The number of thioether (sulfide) groups is 1. The van der Waals surface area contributed by atoms with Crippen molar-refractivity contribution in [2.45, 2.75) is 4.34 Å². The molecular weight excluding hydrogens is 374 g/mol. The van der Waals surface area contributed by atoms with E-state index in [1.807, 2.05) is 54.8 Å². The van der Waals surface area contributed by atoms with E-state index >= 15 is 0 Å². The van der Waals surface area contributed by atoms with Gasteiger partial charge in [0, 0.05) is 10.6 Å². The summed E-state index contributed by atoms with van der Waals surface area (Å²) in [6, 6.07) is 16.9. The van der Waals surface area contributed by atoms with Crippen LogP contribution in [0.4, 0.5) is 5.13 Å². The van der Waals surface area contributed by atoms with Crippen molar-refractivity contribution >= 4 is 57.4 Å². The topological polar surface area (TPSA) is 54.9 Å². The lowest BCUT2D eigenvalue weighted by molar-refractivity contribution is -0.111. The lowest BCUT2D eigenvalue weighted by Gasteiger charge is -2.08. The third-order valence-electron chi connectivity index (χ3n) is 3.34. The number of nitrogens with zero attached hydrogens (tertiary/aromatic N) is 2. The van der Waals surface area contributed by atoms with E-state index in [0.29, 0.717) is 15.7 Å². The van der Waals surface area contributed by atoms with Crippen LogP contribution in [0.1, 0.15) is 11.1 Å². The average molecular weight is 388 g/mol. The molecule has 126 valence electrons. The fraction of sp³-hybridized carbons (Fsp3) is 0.0556. The fourth-order valence-electron chi connectivity index (χ4n) is 2.15. The Balaban J connectivity index is 1.96. The Labute approximate surface area is 159 Å². The van der Waals surface area contributed by atoms with Gasteiger partial charge in [0.2, 0.25) is 5.13 Å². The molecule has 0 aliphatic carbocycles. The number of amides is 1. The molecule has 0 fully saturated rings. The van der Waals surface area contributed by atoms with E-state index < -0.39 is 0 Å². The molecule has 3 rings (SSSR count). The van der Waals surface area contributed by atoms with Gasteiger partial charge in [-0.2, -0.15) is 0 Å². The number of aromatic nitrogens is 2. The first kappa shape index (κ1) is 17.7. The van der Waals surface area contributed by atoms with E-state index in [0.717, 1.165) is 15.5 Å². The second-order valence-corrected chi connectivity index (χ2v) is 7.42. The van der Waals surface area contributed by atoms with Crippen molar-refractivity contribution in [1.82, 2.24) is 10.2 Å². The van der Waals surface area contributed by atoms with Crippen molar-refractivity contribution in [1.29, 1.82) is 0 Å². The highest BCUT2D eigenvalue weighted by molar-refractivity contribution is 8.00. The lowest BCUT2D eigenvalue weighted by Crippen LogP contribution is -2.13. The Bertz CT molecular complexity index is 909. The van der Waals surface area contributed by atoms with Gasteiger partial charge >= 0.3 is 0 Å². The third kappa shape index (κ3) is 4.48. The van der Waals surface area contributed by atoms with Gasteiger partial charge in [-0.05, 0) is 29.5 Å². The molecule has 7 heteroatoms. The molecule has 0 saturated carbocycles. The Morgan fingerprint density at radius 1 is 1.12 bits per heavy atom. The average Bonchev–Trinajstić information content (AvgIpc) is 3.09. The smallest absolute Gasteiger partial charge is 0.258 e. The molecular formula is C18H14ClN3OS2. The predicted molar refractivity (Wildman–Crippen MR) is 106 cm³/mol. The Kier molecular flexibility index (Phi) is 5.86. The number of hydrogen-bond donors (Lipinski definition) is 1. The molecule has 0 atom stereocenters. The van der Waals surface area contributed by atoms with Gasteiger partial charge < -0.3 is 0 Å². The molecule has 1 amide bonds. The molecule has 0 unspecified atom stereocenters. The first-order valence-corrected chi connectivity index (χ1v) is 9.80.